The Hall–Kier alpha value is -2.01. The van der Waals surface area contributed by atoms with Crippen LogP contribution in [0, 0.1) is 52.3 Å². The standard InChI is InChI=1S/C24H28F6O6/c1-8-9(2)11-5-10(8)6-12(11)17(31)34-15-13-7-14-16(15)35-19(32)22(14,21(13,3)4)20(33)36-18(23(25,26)27)24(28,29)30/h8-16,18H,5-7H2,1-4H3. The van der Waals surface area contributed by atoms with Crippen molar-refractivity contribution in [3.63, 3.8) is 0 Å². The van der Waals surface area contributed by atoms with Gasteiger partial charge in [0.1, 0.15) is 12.2 Å². The Bertz CT molecular complexity index is 975. The molecule has 6 nitrogen and oxygen atoms in total. The van der Waals surface area contributed by atoms with E-state index in [1.165, 1.54) is 13.8 Å². The highest BCUT2D eigenvalue weighted by Gasteiger charge is 2.83. The van der Waals surface area contributed by atoms with Gasteiger partial charge in [-0.05, 0) is 48.3 Å². The fourth-order valence-corrected chi connectivity index (χ4v) is 8.28. The van der Waals surface area contributed by atoms with Gasteiger partial charge in [-0.2, -0.15) is 26.3 Å². The molecular formula is C24H28F6O6. The molecule has 0 amide bonds. The lowest BCUT2D eigenvalue weighted by molar-refractivity contribution is -0.316. The normalized spacial score (nSPS) is 44.3. The number of esters is 3. The lowest BCUT2D eigenvalue weighted by atomic mass is 9.57. The van der Waals surface area contributed by atoms with Gasteiger partial charge in [0.25, 0.3) is 6.10 Å². The summed E-state index contributed by atoms with van der Waals surface area (Å²) in [5.74, 6) is -4.19. The molecule has 36 heavy (non-hydrogen) atoms. The molecule has 5 fully saturated rings. The molecule has 4 aliphatic carbocycles. The Kier molecular flexibility index (Phi) is 5.36. The van der Waals surface area contributed by atoms with E-state index in [2.05, 4.69) is 18.6 Å². The van der Waals surface area contributed by atoms with Crippen LogP contribution in [-0.2, 0) is 28.6 Å². The largest absolute Gasteiger partial charge is 0.458 e. The molecule has 0 N–H and O–H groups in total. The van der Waals surface area contributed by atoms with E-state index in [1.807, 2.05) is 0 Å². The lowest BCUT2D eigenvalue weighted by Gasteiger charge is -2.44. The minimum atomic E-state index is -5.92. The van der Waals surface area contributed by atoms with Crippen molar-refractivity contribution in [1.82, 2.24) is 0 Å². The van der Waals surface area contributed by atoms with Crippen molar-refractivity contribution >= 4 is 17.9 Å². The Balaban J connectivity index is 1.38. The fourth-order valence-electron chi connectivity index (χ4n) is 8.28. The molecule has 5 rings (SSSR count). The zero-order valence-electron chi connectivity index (χ0n) is 20.1. The van der Waals surface area contributed by atoms with Crippen molar-refractivity contribution in [2.75, 3.05) is 0 Å². The van der Waals surface area contributed by atoms with Crippen molar-refractivity contribution in [3.05, 3.63) is 0 Å². The minimum Gasteiger partial charge on any atom is -0.458 e. The van der Waals surface area contributed by atoms with Crippen LogP contribution in [0.2, 0.25) is 0 Å². The fraction of sp³-hybridized carbons (Fsp3) is 0.875. The molecule has 10 atom stereocenters. The molecule has 1 aliphatic heterocycles. The van der Waals surface area contributed by atoms with E-state index in [1.54, 1.807) is 0 Å². The summed E-state index contributed by atoms with van der Waals surface area (Å²) < 4.78 is 93.7. The summed E-state index contributed by atoms with van der Waals surface area (Å²) in [6, 6.07) is 0. The molecule has 5 aliphatic rings. The van der Waals surface area contributed by atoms with Crippen LogP contribution in [0.4, 0.5) is 26.3 Å². The third kappa shape index (κ3) is 3.14. The van der Waals surface area contributed by atoms with Crippen LogP contribution in [-0.4, -0.2) is 48.6 Å². The van der Waals surface area contributed by atoms with Gasteiger partial charge in [-0.1, -0.05) is 27.7 Å². The molecule has 0 aromatic heterocycles. The van der Waals surface area contributed by atoms with Crippen molar-refractivity contribution in [1.29, 1.82) is 0 Å². The Morgan fingerprint density at radius 1 is 0.972 bits per heavy atom. The van der Waals surface area contributed by atoms with Gasteiger partial charge in [0.15, 0.2) is 5.41 Å². The number of fused-ring (bicyclic) bond motifs is 3. The number of hydrogen-bond acceptors (Lipinski definition) is 6. The predicted octanol–water partition coefficient (Wildman–Crippen LogP) is 4.45. The minimum absolute atomic E-state index is 0.0727. The van der Waals surface area contributed by atoms with E-state index in [0.717, 1.165) is 6.42 Å². The number of hydrogen-bond donors (Lipinski definition) is 0. The quantitative estimate of drug-likeness (QED) is 0.233. The van der Waals surface area contributed by atoms with Crippen LogP contribution in [0.1, 0.15) is 47.0 Å². The van der Waals surface area contributed by atoms with E-state index in [9.17, 15) is 40.7 Å². The summed E-state index contributed by atoms with van der Waals surface area (Å²) in [5.41, 5.74) is -3.82. The topological polar surface area (TPSA) is 78.9 Å². The maximum atomic E-state index is 13.2. The highest BCUT2D eigenvalue weighted by molar-refractivity contribution is 6.04. The van der Waals surface area contributed by atoms with Gasteiger partial charge in [-0.3, -0.25) is 14.4 Å². The van der Waals surface area contributed by atoms with Gasteiger partial charge in [0.05, 0.1) is 5.92 Å². The average molecular weight is 526 g/mol. The number of carbonyl (C=O) groups is 3. The van der Waals surface area contributed by atoms with Crippen molar-refractivity contribution in [3.8, 4) is 0 Å². The summed E-state index contributed by atoms with van der Waals surface area (Å²) in [6.45, 7) is 7.07. The SMILES string of the molecule is CC1C2CC(C(=O)OC3C4OC(=O)C5(C(=O)OC(C(F)(F)F)C(F)(F)F)C4CC3C5(C)C)C(C2)C1C. The summed E-state index contributed by atoms with van der Waals surface area (Å²) in [4.78, 5) is 39.2. The molecule has 0 radical (unpaired) electrons. The first-order chi connectivity index (χ1) is 16.4. The van der Waals surface area contributed by atoms with Crippen molar-refractivity contribution < 1.29 is 54.9 Å². The van der Waals surface area contributed by atoms with Crippen LogP contribution in [0.15, 0.2) is 0 Å². The molecule has 4 bridgehead atoms. The van der Waals surface area contributed by atoms with Gasteiger partial charge in [-0.15, -0.1) is 0 Å². The molecule has 4 saturated carbocycles. The smallest absolute Gasteiger partial charge is 0.434 e. The predicted molar refractivity (Wildman–Crippen MR) is 108 cm³/mol. The third-order valence-electron chi connectivity index (χ3n) is 10.3. The summed E-state index contributed by atoms with van der Waals surface area (Å²) in [7, 11) is 0. The summed E-state index contributed by atoms with van der Waals surface area (Å²) in [6.07, 6.45) is -16.6. The zero-order valence-corrected chi connectivity index (χ0v) is 20.1. The molecule has 1 saturated heterocycles. The Morgan fingerprint density at radius 2 is 1.58 bits per heavy atom. The highest BCUT2D eigenvalue weighted by atomic mass is 19.4. The second kappa shape index (κ2) is 7.52. The van der Waals surface area contributed by atoms with E-state index in [0.29, 0.717) is 24.2 Å². The van der Waals surface area contributed by atoms with E-state index >= 15 is 0 Å². The summed E-state index contributed by atoms with van der Waals surface area (Å²) >= 11 is 0. The van der Waals surface area contributed by atoms with Crippen molar-refractivity contribution in [2.45, 2.75) is 77.6 Å². The molecular weight excluding hydrogens is 498 g/mol. The number of rotatable bonds is 4. The lowest BCUT2D eigenvalue weighted by Crippen LogP contribution is -2.58. The molecule has 1 heterocycles. The first kappa shape index (κ1) is 25.6. The van der Waals surface area contributed by atoms with Crippen LogP contribution in [0.5, 0.6) is 0 Å². The van der Waals surface area contributed by atoms with Gasteiger partial charge < -0.3 is 14.2 Å². The first-order valence-electron chi connectivity index (χ1n) is 12.2. The van der Waals surface area contributed by atoms with Crippen LogP contribution in [0.3, 0.4) is 0 Å². The molecule has 10 unspecified atom stereocenters. The average Bonchev–Trinajstić information content (AvgIpc) is 3.48. The van der Waals surface area contributed by atoms with Gasteiger partial charge in [0.2, 0.25) is 0 Å². The molecule has 0 aromatic rings. The van der Waals surface area contributed by atoms with Crippen molar-refractivity contribution in [2.24, 2.45) is 52.3 Å². The van der Waals surface area contributed by atoms with Gasteiger partial charge in [-0.25, -0.2) is 0 Å². The Labute approximate surface area is 203 Å². The molecule has 12 heteroatoms. The van der Waals surface area contributed by atoms with E-state index in [-0.39, 0.29) is 18.3 Å². The van der Waals surface area contributed by atoms with Gasteiger partial charge in [0, 0.05) is 11.8 Å². The second-order valence-electron chi connectivity index (χ2n) is 11.8. The highest BCUT2D eigenvalue weighted by Crippen LogP contribution is 2.72. The molecule has 0 spiro atoms. The molecule has 0 aromatic carbocycles. The van der Waals surface area contributed by atoms with Crippen LogP contribution < -0.4 is 0 Å². The van der Waals surface area contributed by atoms with Crippen LogP contribution >= 0.6 is 0 Å². The number of halogens is 6. The van der Waals surface area contributed by atoms with E-state index in [4.69, 9.17) is 9.47 Å². The van der Waals surface area contributed by atoms with Crippen LogP contribution in [0.25, 0.3) is 0 Å². The van der Waals surface area contributed by atoms with Gasteiger partial charge >= 0.3 is 30.3 Å². The maximum absolute atomic E-state index is 13.2. The monoisotopic (exact) mass is 526 g/mol. The number of ether oxygens (including phenoxy) is 3. The van der Waals surface area contributed by atoms with E-state index < -0.39 is 71.2 Å². The second-order valence-corrected chi connectivity index (χ2v) is 11.8. The summed E-state index contributed by atoms with van der Waals surface area (Å²) in [5, 5.41) is 0. The molecule has 202 valence electrons. The first-order valence-corrected chi connectivity index (χ1v) is 12.2. The number of alkyl halides is 6. The zero-order chi connectivity index (χ0) is 26.7. The Morgan fingerprint density at radius 3 is 2.11 bits per heavy atom. The maximum Gasteiger partial charge on any atom is 0.434 e. The third-order valence-corrected chi connectivity index (χ3v) is 10.3. The number of carbonyl (C=O) groups excluding carboxylic acids is 3.